The predicted octanol–water partition coefficient (Wildman–Crippen LogP) is 3.10. The monoisotopic (exact) mass is 309 g/mol. The third-order valence-corrected chi connectivity index (χ3v) is 4.08. The van der Waals surface area contributed by atoms with Crippen molar-refractivity contribution in [1.82, 2.24) is 24.9 Å². The smallest absolute Gasteiger partial charge is 0.258 e. The lowest BCUT2D eigenvalue weighted by atomic mass is 10.1. The Morgan fingerprint density at radius 3 is 2.91 bits per heavy atom. The van der Waals surface area contributed by atoms with Gasteiger partial charge in [0.15, 0.2) is 0 Å². The minimum absolute atomic E-state index is 0.513. The number of hydrogen-bond donors (Lipinski definition) is 0. The Morgan fingerprint density at radius 1 is 1.14 bits per heavy atom. The average molecular weight is 309 g/mol. The Hall–Kier alpha value is -2.80. The fourth-order valence-electron chi connectivity index (χ4n) is 2.19. The van der Waals surface area contributed by atoms with E-state index in [2.05, 4.69) is 20.2 Å². The van der Waals surface area contributed by atoms with Gasteiger partial charge in [0.2, 0.25) is 5.82 Å². The van der Waals surface area contributed by atoms with Crippen molar-refractivity contribution >= 4 is 11.3 Å². The molecule has 0 radical (unpaired) electrons. The summed E-state index contributed by atoms with van der Waals surface area (Å²) in [7, 11) is 0. The molecule has 0 spiro atoms. The van der Waals surface area contributed by atoms with E-state index in [0.29, 0.717) is 18.3 Å². The van der Waals surface area contributed by atoms with Crippen LogP contribution in [0.5, 0.6) is 0 Å². The van der Waals surface area contributed by atoms with E-state index < -0.39 is 0 Å². The topological polar surface area (TPSA) is 69.6 Å². The van der Waals surface area contributed by atoms with E-state index in [9.17, 15) is 0 Å². The van der Waals surface area contributed by atoms with Crippen LogP contribution >= 0.6 is 11.3 Å². The van der Waals surface area contributed by atoms with Crippen LogP contribution in [-0.4, -0.2) is 24.9 Å². The van der Waals surface area contributed by atoms with Crippen LogP contribution in [0.3, 0.4) is 0 Å². The maximum Gasteiger partial charge on any atom is 0.258 e. The molecule has 22 heavy (non-hydrogen) atoms. The van der Waals surface area contributed by atoms with Crippen molar-refractivity contribution in [1.29, 1.82) is 0 Å². The van der Waals surface area contributed by atoms with Gasteiger partial charge in [0.05, 0.1) is 11.4 Å². The molecule has 0 aliphatic heterocycles. The Balaban J connectivity index is 1.71. The van der Waals surface area contributed by atoms with Crippen LogP contribution in [0.1, 0.15) is 5.56 Å². The van der Waals surface area contributed by atoms with Crippen LogP contribution in [0.15, 0.2) is 59.0 Å². The average Bonchev–Trinajstić information content (AvgIpc) is 3.30. The van der Waals surface area contributed by atoms with E-state index in [1.165, 1.54) is 6.33 Å². The highest BCUT2D eigenvalue weighted by Gasteiger charge is 2.14. The molecule has 1 aromatic carbocycles. The summed E-state index contributed by atoms with van der Waals surface area (Å²) < 4.78 is 7.19. The second-order valence-corrected chi connectivity index (χ2v) is 5.60. The molecular weight excluding hydrogens is 298 g/mol. The lowest BCUT2D eigenvalue weighted by Crippen LogP contribution is -2.01. The maximum atomic E-state index is 5.43. The largest absolute Gasteiger partial charge is 0.334 e. The van der Waals surface area contributed by atoms with Gasteiger partial charge < -0.3 is 4.52 Å². The molecule has 0 aliphatic carbocycles. The molecule has 0 bridgehead atoms. The van der Waals surface area contributed by atoms with Crippen LogP contribution in [-0.2, 0) is 6.54 Å². The van der Waals surface area contributed by atoms with Crippen molar-refractivity contribution in [3.8, 4) is 22.2 Å². The van der Waals surface area contributed by atoms with Gasteiger partial charge in [0.1, 0.15) is 12.7 Å². The molecule has 0 atom stereocenters. The predicted molar refractivity (Wildman–Crippen MR) is 82.2 cm³/mol. The number of rotatable bonds is 4. The highest BCUT2D eigenvalue weighted by molar-refractivity contribution is 7.13. The normalized spacial score (nSPS) is 10.9. The molecule has 7 heteroatoms. The molecule has 6 nitrogen and oxygen atoms in total. The second-order valence-electron chi connectivity index (χ2n) is 4.65. The summed E-state index contributed by atoms with van der Waals surface area (Å²) >= 11 is 1.59. The summed E-state index contributed by atoms with van der Waals surface area (Å²) in [4.78, 5) is 9.45. The van der Waals surface area contributed by atoms with E-state index in [1.807, 2.05) is 41.8 Å². The summed E-state index contributed by atoms with van der Waals surface area (Å²) in [5.74, 6) is 1.12. The number of thiophene rings is 1. The van der Waals surface area contributed by atoms with Crippen LogP contribution in [0.25, 0.3) is 22.2 Å². The quantitative estimate of drug-likeness (QED) is 0.579. The molecule has 4 aromatic rings. The molecule has 0 fully saturated rings. The lowest BCUT2D eigenvalue weighted by Gasteiger charge is -2.05. The Labute approximate surface area is 130 Å². The molecule has 0 N–H and O–H groups in total. The zero-order valence-electron chi connectivity index (χ0n) is 11.5. The van der Waals surface area contributed by atoms with Gasteiger partial charge in [-0.3, -0.25) is 0 Å². The summed E-state index contributed by atoms with van der Waals surface area (Å²) in [5, 5.41) is 10.2. The van der Waals surface area contributed by atoms with E-state index in [0.717, 1.165) is 16.0 Å². The first-order valence-electron chi connectivity index (χ1n) is 6.68. The van der Waals surface area contributed by atoms with Gasteiger partial charge in [0.25, 0.3) is 5.89 Å². The Kier molecular flexibility index (Phi) is 3.24. The van der Waals surface area contributed by atoms with Crippen molar-refractivity contribution < 1.29 is 4.52 Å². The van der Waals surface area contributed by atoms with Gasteiger partial charge in [-0.2, -0.15) is 10.1 Å². The minimum atomic E-state index is 0.513. The molecule has 3 aromatic heterocycles. The van der Waals surface area contributed by atoms with Gasteiger partial charge in [-0.15, -0.1) is 11.3 Å². The molecule has 108 valence electrons. The van der Waals surface area contributed by atoms with Crippen molar-refractivity contribution in [2.45, 2.75) is 6.54 Å². The second kappa shape index (κ2) is 5.53. The van der Waals surface area contributed by atoms with E-state index in [4.69, 9.17) is 4.52 Å². The zero-order valence-corrected chi connectivity index (χ0v) is 12.3. The van der Waals surface area contributed by atoms with E-state index in [1.54, 1.807) is 22.3 Å². The van der Waals surface area contributed by atoms with Crippen LogP contribution in [0.4, 0.5) is 0 Å². The molecular formula is C15H11N5OS. The van der Waals surface area contributed by atoms with Crippen LogP contribution in [0.2, 0.25) is 0 Å². The first-order chi connectivity index (χ1) is 10.9. The zero-order chi connectivity index (χ0) is 14.8. The third-order valence-electron chi connectivity index (χ3n) is 3.21. The third kappa shape index (κ3) is 2.42. The minimum Gasteiger partial charge on any atom is -0.334 e. The first-order valence-corrected chi connectivity index (χ1v) is 7.56. The lowest BCUT2D eigenvalue weighted by molar-refractivity contribution is 0.432. The fraction of sp³-hybridized carbons (Fsp3) is 0.0667. The highest BCUT2D eigenvalue weighted by atomic mass is 32.1. The molecule has 0 unspecified atom stereocenters. The standard InChI is InChI=1S/C15H11N5OS/c1-2-5-12(11(4-1)8-20-10-16-9-17-20)15-18-14(19-21-15)13-6-3-7-22-13/h1-7,9-10H,8H2. The summed E-state index contributed by atoms with van der Waals surface area (Å²) in [6.45, 7) is 0.604. The molecule has 0 saturated carbocycles. The Morgan fingerprint density at radius 2 is 2.09 bits per heavy atom. The van der Waals surface area contributed by atoms with E-state index in [-0.39, 0.29) is 0 Å². The summed E-state index contributed by atoms with van der Waals surface area (Å²) in [6, 6.07) is 11.9. The Bertz CT molecular complexity index is 867. The molecule has 0 saturated heterocycles. The number of aromatic nitrogens is 5. The molecule has 0 amide bonds. The van der Waals surface area contributed by atoms with Crippen molar-refractivity contribution in [2.75, 3.05) is 0 Å². The maximum absolute atomic E-state index is 5.43. The highest BCUT2D eigenvalue weighted by Crippen LogP contribution is 2.27. The number of benzene rings is 1. The SMILES string of the molecule is c1csc(-c2noc(-c3ccccc3Cn3cncn3)n2)c1. The first kappa shape index (κ1) is 12.9. The van der Waals surface area contributed by atoms with Gasteiger partial charge in [0, 0.05) is 5.56 Å². The number of nitrogens with zero attached hydrogens (tertiary/aromatic N) is 5. The number of hydrogen-bond acceptors (Lipinski definition) is 6. The van der Waals surface area contributed by atoms with E-state index >= 15 is 0 Å². The summed E-state index contributed by atoms with van der Waals surface area (Å²) in [6.07, 6.45) is 3.20. The van der Waals surface area contributed by atoms with Crippen LogP contribution in [0, 0.1) is 0 Å². The van der Waals surface area contributed by atoms with Gasteiger partial charge in [-0.05, 0) is 23.1 Å². The van der Waals surface area contributed by atoms with Crippen molar-refractivity contribution in [3.05, 3.63) is 60.0 Å². The van der Waals surface area contributed by atoms with Gasteiger partial charge >= 0.3 is 0 Å². The van der Waals surface area contributed by atoms with Crippen molar-refractivity contribution in [3.63, 3.8) is 0 Å². The molecule has 3 heterocycles. The van der Waals surface area contributed by atoms with Gasteiger partial charge in [-0.25, -0.2) is 9.67 Å². The van der Waals surface area contributed by atoms with Crippen molar-refractivity contribution in [2.24, 2.45) is 0 Å². The molecule has 4 rings (SSSR count). The molecule has 0 aliphatic rings. The van der Waals surface area contributed by atoms with Crippen LogP contribution < -0.4 is 0 Å². The summed E-state index contributed by atoms with van der Waals surface area (Å²) in [5.41, 5.74) is 1.96. The fourth-order valence-corrected chi connectivity index (χ4v) is 2.84. The van der Waals surface area contributed by atoms with Gasteiger partial charge in [-0.1, -0.05) is 29.4 Å².